The highest BCUT2D eigenvalue weighted by atomic mass is 35.5. The zero-order chi connectivity index (χ0) is 14.8. The fraction of sp³-hybridized carbons (Fsp3) is 0.235. The van der Waals surface area contributed by atoms with Crippen molar-refractivity contribution in [1.29, 1.82) is 0 Å². The normalized spacial score (nSPS) is 14.4. The number of nitrogens with zero attached hydrogens (tertiary/aromatic N) is 1. The Morgan fingerprint density at radius 2 is 1.90 bits per heavy atom. The van der Waals surface area contributed by atoms with Gasteiger partial charge in [-0.05, 0) is 42.2 Å². The van der Waals surface area contributed by atoms with Crippen LogP contribution in [0.25, 0.3) is 0 Å². The number of fused-ring (bicyclic) bond motifs is 1. The van der Waals surface area contributed by atoms with Crippen molar-refractivity contribution in [2.75, 3.05) is 11.4 Å². The van der Waals surface area contributed by atoms with E-state index in [-0.39, 0.29) is 0 Å². The molecule has 0 radical (unpaired) electrons. The molecule has 0 aromatic heterocycles. The SMILES string of the molecule is O=C(O)c1ccc(Cl)cc1N1CCCc2ccccc2C1. The van der Waals surface area contributed by atoms with Gasteiger partial charge in [-0.2, -0.15) is 0 Å². The summed E-state index contributed by atoms with van der Waals surface area (Å²) in [5.41, 5.74) is 3.61. The Morgan fingerprint density at radius 3 is 2.67 bits per heavy atom. The van der Waals surface area contributed by atoms with Crippen LogP contribution in [0.4, 0.5) is 5.69 Å². The largest absolute Gasteiger partial charge is 0.478 e. The fourth-order valence-corrected chi connectivity index (χ4v) is 3.02. The molecule has 1 heterocycles. The lowest BCUT2D eigenvalue weighted by molar-refractivity contribution is 0.0697. The molecule has 3 rings (SSSR count). The Hall–Kier alpha value is -2.00. The van der Waals surface area contributed by atoms with Gasteiger partial charge in [0.2, 0.25) is 0 Å². The second-order valence-electron chi connectivity index (χ2n) is 5.26. The summed E-state index contributed by atoms with van der Waals surface area (Å²) in [7, 11) is 0. The van der Waals surface area contributed by atoms with Crippen LogP contribution in [0.15, 0.2) is 42.5 Å². The number of hydrogen-bond donors (Lipinski definition) is 1. The number of rotatable bonds is 2. The molecule has 0 amide bonds. The third-order valence-corrected chi connectivity index (χ3v) is 4.12. The van der Waals surface area contributed by atoms with E-state index in [2.05, 4.69) is 23.1 Å². The van der Waals surface area contributed by atoms with Gasteiger partial charge >= 0.3 is 5.97 Å². The molecule has 0 unspecified atom stereocenters. The number of aromatic carboxylic acids is 1. The molecule has 21 heavy (non-hydrogen) atoms. The molecule has 0 saturated carbocycles. The second kappa shape index (κ2) is 5.78. The zero-order valence-corrected chi connectivity index (χ0v) is 12.3. The van der Waals surface area contributed by atoms with Crippen molar-refractivity contribution in [3.05, 3.63) is 64.2 Å². The summed E-state index contributed by atoms with van der Waals surface area (Å²) >= 11 is 6.06. The molecule has 0 atom stereocenters. The molecule has 0 aliphatic carbocycles. The first-order valence-corrected chi connectivity index (χ1v) is 7.37. The van der Waals surface area contributed by atoms with Gasteiger partial charge in [0.25, 0.3) is 0 Å². The monoisotopic (exact) mass is 301 g/mol. The van der Waals surface area contributed by atoms with Crippen LogP contribution >= 0.6 is 11.6 Å². The standard InChI is InChI=1S/C17H16ClNO2/c18-14-7-8-15(17(20)21)16(10-14)19-9-3-6-12-4-1-2-5-13(12)11-19/h1-2,4-5,7-8,10H,3,6,9,11H2,(H,20,21). The maximum Gasteiger partial charge on any atom is 0.337 e. The maximum absolute atomic E-state index is 11.4. The number of aryl methyl sites for hydroxylation is 1. The molecule has 0 fully saturated rings. The van der Waals surface area contributed by atoms with Crippen molar-refractivity contribution < 1.29 is 9.90 Å². The number of hydrogen-bond acceptors (Lipinski definition) is 2. The molecular weight excluding hydrogens is 286 g/mol. The molecule has 2 aromatic rings. The van der Waals surface area contributed by atoms with E-state index >= 15 is 0 Å². The van der Waals surface area contributed by atoms with Gasteiger partial charge in [-0.3, -0.25) is 0 Å². The first-order valence-electron chi connectivity index (χ1n) is 7.00. The van der Waals surface area contributed by atoms with Crippen molar-refractivity contribution >= 4 is 23.3 Å². The first-order chi connectivity index (χ1) is 10.1. The third-order valence-electron chi connectivity index (χ3n) is 3.88. The van der Waals surface area contributed by atoms with Gasteiger partial charge in [-0.15, -0.1) is 0 Å². The summed E-state index contributed by atoms with van der Waals surface area (Å²) in [4.78, 5) is 13.5. The van der Waals surface area contributed by atoms with E-state index in [0.717, 1.165) is 25.9 Å². The van der Waals surface area contributed by atoms with E-state index in [4.69, 9.17) is 11.6 Å². The van der Waals surface area contributed by atoms with E-state index < -0.39 is 5.97 Å². The maximum atomic E-state index is 11.4. The smallest absolute Gasteiger partial charge is 0.337 e. The van der Waals surface area contributed by atoms with Gasteiger partial charge in [0.1, 0.15) is 0 Å². The second-order valence-corrected chi connectivity index (χ2v) is 5.70. The van der Waals surface area contributed by atoms with Crippen LogP contribution in [-0.4, -0.2) is 17.6 Å². The third kappa shape index (κ3) is 2.88. The molecule has 3 nitrogen and oxygen atoms in total. The van der Waals surface area contributed by atoms with Gasteiger partial charge in [-0.25, -0.2) is 4.79 Å². The lowest BCUT2D eigenvalue weighted by Gasteiger charge is -2.25. The predicted octanol–water partition coefficient (Wildman–Crippen LogP) is 3.99. The van der Waals surface area contributed by atoms with Gasteiger partial charge in [0.15, 0.2) is 0 Å². The summed E-state index contributed by atoms with van der Waals surface area (Å²) in [6.45, 7) is 1.55. The molecule has 1 aliphatic heterocycles. The predicted molar refractivity (Wildman–Crippen MR) is 84.2 cm³/mol. The Balaban J connectivity index is 2.01. The number of anilines is 1. The van der Waals surface area contributed by atoms with E-state index in [1.54, 1.807) is 18.2 Å². The Labute approximate surface area is 128 Å². The van der Waals surface area contributed by atoms with Crippen molar-refractivity contribution in [3.63, 3.8) is 0 Å². The van der Waals surface area contributed by atoms with Crippen molar-refractivity contribution in [3.8, 4) is 0 Å². The van der Waals surface area contributed by atoms with Crippen molar-refractivity contribution in [2.24, 2.45) is 0 Å². The van der Waals surface area contributed by atoms with Crippen LogP contribution in [0.2, 0.25) is 5.02 Å². The molecule has 108 valence electrons. The minimum Gasteiger partial charge on any atom is -0.478 e. The van der Waals surface area contributed by atoms with Crippen LogP contribution in [-0.2, 0) is 13.0 Å². The lowest BCUT2D eigenvalue weighted by Crippen LogP contribution is -2.24. The van der Waals surface area contributed by atoms with Crippen LogP contribution in [0.5, 0.6) is 0 Å². The van der Waals surface area contributed by atoms with Crippen molar-refractivity contribution in [1.82, 2.24) is 0 Å². The molecular formula is C17H16ClNO2. The van der Waals surface area contributed by atoms with Gasteiger partial charge < -0.3 is 10.0 Å². The number of halogens is 1. The van der Waals surface area contributed by atoms with Crippen LogP contribution in [0.1, 0.15) is 27.9 Å². The minimum absolute atomic E-state index is 0.304. The van der Waals surface area contributed by atoms with Gasteiger partial charge in [0, 0.05) is 18.1 Å². The number of carbonyl (C=O) groups is 1. The number of carboxylic acid groups (broad SMARTS) is 1. The average molecular weight is 302 g/mol. The first kappa shape index (κ1) is 14.0. The van der Waals surface area contributed by atoms with Crippen LogP contribution in [0.3, 0.4) is 0 Å². The molecule has 0 bridgehead atoms. The van der Waals surface area contributed by atoms with E-state index in [1.807, 2.05) is 6.07 Å². The fourth-order valence-electron chi connectivity index (χ4n) is 2.85. The van der Waals surface area contributed by atoms with E-state index in [0.29, 0.717) is 16.3 Å². The summed E-state index contributed by atoms with van der Waals surface area (Å²) in [5, 5.41) is 9.95. The molecule has 0 saturated heterocycles. The topological polar surface area (TPSA) is 40.5 Å². The Morgan fingerprint density at radius 1 is 1.14 bits per heavy atom. The Kier molecular flexibility index (Phi) is 3.84. The average Bonchev–Trinajstić information content (AvgIpc) is 2.68. The van der Waals surface area contributed by atoms with Crippen LogP contribution in [0, 0.1) is 0 Å². The summed E-state index contributed by atoms with van der Waals surface area (Å²) in [6.07, 6.45) is 2.03. The highest BCUT2D eigenvalue weighted by molar-refractivity contribution is 6.31. The summed E-state index contributed by atoms with van der Waals surface area (Å²) < 4.78 is 0. The number of benzene rings is 2. The quantitative estimate of drug-likeness (QED) is 0.911. The highest BCUT2D eigenvalue weighted by Gasteiger charge is 2.19. The molecule has 4 heteroatoms. The van der Waals surface area contributed by atoms with Crippen LogP contribution < -0.4 is 4.90 Å². The van der Waals surface area contributed by atoms with Crippen molar-refractivity contribution in [2.45, 2.75) is 19.4 Å². The summed E-state index contributed by atoms with van der Waals surface area (Å²) in [6, 6.07) is 13.3. The molecule has 1 N–H and O–H groups in total. The van der Waals surface area contributed by atoms with Gasteiger partial charge in [0.05, 0.1) is 11.3 Å². The zero-order valence-electron chi connectivity index (χ0n) is 11.6. The minimum atomic E-state index is -0.917. The van der Waals surface area contributed by atoms with Gasteiger partial charge in [-0.1, -0.05) is 35.9 Å². The molecule has 1 aliphatic rings. The summed E-state index contributed by atoms with van der Waals surface area (Å²) in [5.74, 6) is -0.917. The molecule has 2 aromatic carbocycles. The lowest BCUT2D eigenvalue weighted by atomic mass is 10.0. The Bertz CT molecular complexity index is 684. The van der Waals surface area contributed by atoms with E-state index in [9.17, 15) is 9.90 Å². The number of carboxylic acids is 1. The molecule has 0 spiro atoms. The van der Waals surface area contributed by atoms with E-state index in [1.165, 1.54) is 11.1 Å². The highest BCUT2D eigenvalue weighted by Crippen LogP contribution is 2.29.